The first-order valence-corrected chi connectivity index (χ1v) is 39.1. The van der Waals surface area contributed by atoms with Crippen LogP contribution in [0.3, 0.4) is 0 Å². The summed E-state index contributed by atoms with van der Waals surface area (Å²) in [5.41, 5.74) is 0. The monoisotopic (exact) mass is 1280 g/mol. The highest BCUT2D eigenvalue weighted by atomic mass is 31.2. The highest BCUT2D eigenvalue weighted by Gasteiger charge is 2.27. The number of unbranched alkanes of at least 4 members (excludes halogenated alkanes) is 37. The third-order valence-corrected chi connectivity index (χ3v) is 17.3. The fourth-order valence-corrected chi connectivity index (χ4v) is 11.4. The van der Waals surface area contributed by atoms with Crippen molar-refractivity contribution >= 4 is 19.8 Å². The van der Waals surface area contributed by atoms with Gasteiger partial charge in [0.05, 0.1) is 27.7 Å². The Bertz CT molecular complexity index is 1890. The van der Waals surface area contributed by atoms with E-state index in [2.05, 4.69) is 123 Å². The molecule has 0 rings (SSSR count). The van der Waals surface area contributed by atoms with Gasteiger partial charge in [-0.3, -0.25) is 18.6 Å². The molecule has 0 amide bonds. The lowest BCUT2D eigenvalue weighted by Gasteiger charge is -2.24. The van der Waals surface area contributed by atoms with Gasteiger partial charge in [-0.15, -0.1) is 0 Å². The van der Waals surface area contributed by atoms with Gasteiger partial charge in [-0.05, 0) is 96.3 Å². The van der Waals surface area contributed by atoms with Crippen LogP contribution in [-0.2, 0) is 32.7 Å². The van der Waals surface area contributed by atoms with Crippen molar-refractivity contribution in [1.82, 2.24) is 0 Å². The average Bonchev–Trinajstić information content (AvgIpc) is 3.61. The topological polar surface area (TPSA) is 108 Å². The molecule has 0 heterocycles. The summed E-state index contributed by atoms with van der Waals surface area (Å²) < 4.78 is 34.8. The quantitative estimate of drug-likeness (QED) is 0.0211. The van der Waals surface area contributed by atoms with Crippen LogP contribution in [0.2, 0.25) is 0 Å². The Morgan fingerprint density at radius 3 is 0.889 bits per heavy atom. The summed E-state index contributed by atoms with van der Waals surface area (Å²) in [7, 11) is 1.49. The maximum absolute atomic E-state index is 12.9. The summed E-state index contributed by atoms with van der Waals surface area (Å²) in [5.74, 6) is -0.784. The van der Waals surface area contributed by atoms with E-state index in [0.717, 1.165) is 89.9 Å². The van der Waals surface area contributed by atoms with Crippen LogP contribution in [0.1, 0.15) is 335 Å². The number of rotatable bonds is 69. The minimum Gasteiger partial charge on any atom is -0.462 e. The van der Waals surface area contributed by atoms with Crippen molar-refractivity contribution in [2.24, 2.45) is 0 Å². The van der Waals surface area contributed by atoms with E-state index >= 15 is 0 Å². The van der Waals surface area contributed by atoms with Crippen LogP contribution in [0.25, 0.3) is 0 Å². The number of likely N-dealkylation sites (N-methyl/N-ethyl adjacent to an activating group) is 1. The molecule has 2 unspecified atom stereocenters. The smallest absolute Gasteiger partial charge is 0.462 e. The summed E-state index contributed by atoms with van der Waals surface area (Å²) >= 11 is 0. The van der Waals surface area contributed by atoms with Crippen LogP contribution >= 0.6 is 7.82 Å². The van der Waals surface area contributed by atoms with E-state index in [1.54, 1.807) is 0 Å². The summed E-state index contributed by atoms with van der Waals surface area (Å²) in [5, 5.41) is 0. The van der Waals surface area contributed by atoms with Crippen molar-refractivity contribution in [1.29, 1.82) is 0 Å². The number of esters is 2. The molecular formula is C80H143NO8P+. The summed E-state index contributed by atoms with van der Waals surface area (Å²) in [6, 6.07) is 0. The van der Waals surface area contributed by atoms with Gasteiger partial charge in [0, 0.05) is 12.8 Å². The molecule has 0 bridgehead atoms. The van der Waals surface area contributed by atoms with Crippen LogP contribution in [0.15, 0.2) is 109 Å². The standard InChI is InChI=1S/C80H142NO8P/c1-6-8-10-12-14-16-18-20-22-24-26-28-30-32-34-36-38-39-40-41-43-45-47-49-51-53-55-57-59-61-63-65-67-69-71-73-80(83)89-78(77-88-90(84,85)87-75-74-81(3,4)5)76-86-79(82)72-70-68-66-64-62-60-58-56-54-52-50-48-46-44-42-37-35-33-31-29-27-25-23-21-19-17-15-13-11-9-7-2/h8-11,14-17,20-23,26-29,32,34,78H,6-7,12-13,18-19,24-25,30-31,33,35-77H2,1-5H3/p+1/b10-8-,11-9-,16-14-,17-15-,22-20-,23-21-,28-26-,29-27-,34-32-. The normalized spacial score (nSPS) is 13.7. The molecule has 2 atom stereocenters. The van der Waals surface area contributed by atoms with E-state index in [1.165, 1.54) is 212 Å². The van der Waals surface area contributed by atoms with E-state index in [0.29, 0.717) is 17.4 Å². The zero-order valence-electron chi connectivity index (χ0n) is 59.4. The highest BCUT2D eigenvalue weighted by molar-refractivity contribution is 7.47. The second-order valence-electron chi connectivity index (χ2n) is 26.3. The first kappa shape index (κ1) is 86.7. The Morgan fingerprint density at radius 1 is 0.344 bits per heavy atom. The van der Waals surface area contributed by atoms with Crippen molar-refractivity contribution < 1.29 is 42.1 Å². The maximum atomic E-state index is 12.9. The van der Waals surface area contributed by atoms with Gasteiger partial charge in [0.1, 0.15) is 19.8 Å². The molecule has 9 nitrogen and oxygen atoms in total. The van der Waals surface area contributed by atoms with Crippen LogP contribution in [0, 0.1) is 0 Å². The number of hydrogen-bond donors (Lipinski definition) is 1. The Morgan fingerprint density at radius 2 is 0.600 bits per heavy atom. The number of carbonyl (C=O) groups is 2. The van der Waals surface area contributed by atoms with Gasteiger partial charge in [-0.25, -0.2) is 4.57 Å². The fraction of sp³-hybridized carbons (Fsp3) is 0.750. The van der Waals surface area contributed by atoms with E-state index in [4.69, 9.17) is 18.5 Å². The van der Waals surface area contributed by atoms with Gasteiger partial charge in [0.25, 0.3) is 0 Å². The summed E-state index contributed by atoms with van der Waals surface area (Å²) in [6.07, 6.45) is 99.3. The molecule has 0 aliphatic rings. The van der Waals surface area contributed by atoms with Crippen molar-refractivity contribution in [2.75, 3.05) is 47.5 Å². The van der Waals surface area contributed by atoms with Crippen LogP contribution < -0.4 is 0 Å². The number of phosphoric acid groups is 1. The molecule has 0 aromatic rings. The van der Waals surface area contributed by atoms with Crippen molar-refractivity contribution in [3.63, 3.8) is 0 Å². The highest BCUT2D eigenvalue weighted by Crippen LogP contribution is 2.43. The number of phosphoric ester groups is 1. The fourth-order valence-electron chi connectivity index (χ4n) is 10.6. The molecule has 0 saturated carbocycles. The number of allylic oxidation sites excluding steroid dienone is 18. The van der Waals surface area contributed by atoms with E-state index < -0.39 is 26.5 Å². The lowest BCUT2D eigenvalue weighted by Crippen LogP contribution is -2.37. The van der Waals surface area contributed by atoms with Gasteiger partial charge in [0.15, 0.2) is 6.10 Å². The summed E-state index contributed by atoms with van der Waals surface area (Å²) in [6.45, 7) is 4.25. The number of quaternary nitrogens is 1. The Hall–Kier alpha value is -3.33. The minimum atomic E-state index is -4.40. The Labute approximate surface area is 556 Å². The molecule has 0 aliphatic carbocycles. The molecule has 0 radical (unpaired) electrons. The zero-order valence-corrected chi connectivity index (χ0v) is 60.2. The lowest BCUT2D eigenvalue weighted by molar-refractivity contribution is -0.870. The Balaban J connectivity index is 3.98. The number of nitrogens with zero attached hydrogens (tertiary/aromatic N) is 1. The van der Waals surface area contributed by atoms with Crippen molar-refractivity contribution in [2.45, 2.75) is 341 Å². The molecule has 0 spiro atoms. The van der Waals surface area contributed by atoms with Gasteiger partial charge in [-0.1, -0.05) is 335 Å². The van der Waals surface area contributed by atoms with Gasteiger partial charge in [0.2, 0.25) is 0 Å². The average molecular weight is 1280 g/mol. The summed E-state index contributed by atoms with van der Waals surface area (Å²) in [4.78, 5) is 36.0. The number of hydrogen-bond acceptors (Lipinski definition) is 7. The van der Waals surface area contributed by atoms with E-state index in [9.17, 15) is 19.0 Å². The van der Waals surface area contributed by atoms with E-state index in [-0.39, 0.29) is 32.0 Å². The molecule has 520 valence electrons. The zero-order chi connectivity index (χ0) is 65.5. The Kier molecular flexibility index (Phi) is 67.4. The van der Waals surface area contributed by atoms with Gasteiger partial charge >= 0.3 is 19.8 Å². The second-order valence-corrected chi connectivity index (χ2v) is 27.7. The first-order chi connectivity index (χ1) is 44.0. The molecule has 0 aliphatic heterocycles. The SMILES string of the molecule is CC/C=C\C/C=C\C/C=C\C/C=C\C/C=C\CCCCCCCCCCCCCCCCCCCCCC(=O)OC(COC(=O)CCCCCCCCCCCCCCCCCCCC/C=C\C/C=C\C/C=C\C/C=C\CC)COP(=O)(O)OCC[N+](C)(C)C. The third kappa shape index (κ3) is 73.7. The third-order valence-electron chi connectivity index (χ3n) is 16.3. The molecule has 10 heteroatoms. The van der Waals surface area contributed by atoms with Crippen LogP contribution in [0.5, 0.6) is 0 Å². The molecule has 0 fully saturated rings. The predicted octanol–water partition coefficient (Wildman–Crippen LogP) is 24.8. The maximum Gasteiger partial charge on any atom is 0.472 e. The molecule has 0 aromatic carbocycles. The van der Waals surface area contributed by atoms with Crippen molar-refractivity contribution in [3.05, 3.63) is 109 Å². The minimum absolute atomic E-state index is 0.0306. The number of ether oxygens (including phenoxy) is 2. The van der Waals surface area contributed by atoms with Crippen LogP contribution in [0.4, 0.5) is 0 Å². The molecule has 0 saturated heterocycles. The lowest BCUT2D eigenvalue weighted by atomic mass is 10.0. The van der Waals surface area contributed by atoms with Gasteiger partial charge in [-0.2, -0.15) is 0 Å². The van der Waals surface area contributed by atoms with Crippen molar-refractivity contribution in [3.8, 4) is 0 Å². The molecule has 0 aromatic heterocycles. The largest absolute Gasteiger partial charge is 0.472 e. The number of carbonyl (C=O) groups excluding carboxylic acids is 2. The van der Waals surface area contributed by atoms with E-state index in [1.807, 2.05) is 21.1 Å². The molecule has 1 N–H and O–H groups in total. The van der Waals surface area contributed by atoms with Crippen LogP contribution in [-0.4, -0.2) is 74.9 Å². The predicted molar refractivity (Wildman–Crippen MR) is 390 cm³/mol. The molecular weight excluding hydrogens is 1130 g/mol. The second kappa shape index (κ2) is 70.0. The molecule has 90 heavy (non-hydrogen) atoms. The van der Waals surface area contributed by atoms with Gasteiger partial charge < -0.3 is 18.9 Å². The first-order valence-electron chi connectivity index (χ1n) is 37.6.